The summed E-state index contributed by atoms with van der Waals surface area (Å²) in [5.74, 6) is 1.08. The number of carbonyl (C=O) groups excluding carboxylic acids is 1. The van der Waals surface area contributed by atoms with Crippen LogP contribution in [0.15, 0.2) is 22.7 Å². The molecule has 1 atom stereocenters. The fourth-order valence-corrected chi connectivity index (χ4v) is 4.04. The van der Waals surface area contributed by atoms with Gasteiger partial charge in [-0.1, -0.05) is 24.8 Å². The summed E-state index contributed by atoms with van der Waals surface area (Å²) in [5.41, 5.74) is 0. The van der Waals surface area contributed by atoms with Crippen LogP contribution in [-0.2, 0) is 11.2 Å². The summed E-state index contributed by atoms with van der Waals surface area (Å²) in [5, 5.41) is 14.5. The number of aromatic nitrogens is 3. The van der Waals surface area contributed by atoms with E-state index in [1.54, 1.807) is 11.3 Å². The van der Waals surface area contributed by atoms with E-state index in [-0.39, 0.29) is 11.2 Å². The predicted molar refractivity (Wildman–Crippen MR) is 94.0 cm³/mol. The summed E-state index contributed by atoms with van der Waals surface area (Å²) in [6.07, 6.45) is 4.13. The molecule has 7 heteroatoms. The molecule has 1 N–H and O–H groups in total. The van der Waals surface area contributed by atoms with Crippen molar-refractivity contribution >= 4 is 29.0 Å². The molecule has 2 aromatic heterocycles. The van der Waals surface area contributed by atoms with Gasteiger partial charge in [0, 0.05) is 23.9 Å². The normalized spacial score (nSPS) is 15.6. The third kappa shape index (κ3) is 4.14. The maximum atomic E-state index is 12.1. The number of amides is 1. The molecule has 1 saturated carbocycles. The van der Waals surface area contributed by atoms with Gasteiger partial charge in [-0.2, -0.15) is 0 Å². The average molecular weight is 351 g/mol. The molecule has 5 nitrogen and oxygen atoms in total. The Morgan fingerprint density at radius 3 is 3.00 bits per heavy atom. The van der Waals surface area contributed by atoms with E-state index in [0.29, 0.717) is 6.04 Å². The first-order valence-electron chi connectivity index (χ1n) is 8.09. The van der Waals surface area contributed by atoms with Gasteiger partial charge >= 0.3 is 0 Å². The smallest absolute Gasteiger partial charge is 0.233 e. The molecule has 1 aliphatic rings. The molecule has 2 heterocycles. The average Bonchev–Trinajstić information content (AvgIpc) is 3.10. The lowest BCUT2D eigenvalue weighted by molar-refractivity contribution is -0.120. The Morgan fingerprint density at radius 1 is 1.52 bits per heavy atom. The standard InChI is InChI=1S/C16H22N4OS2/c1-3-8-17-15(21)11(2)23-16-19-18-14(20(16)12-6-7-12)10-13-5-4-9-22-13/h4-5,9,11-12H,3,6-8,10H2,1-2H3,(H,17,21). The van der Waals surface area contributed by atoms with Gasteiger partial charge in [0.1, 0.15) is 5.82 Å². The van der Waals surface area contributed by atoms with E-state index in [9.17, 15) is 4.79 Å². The predicted octanol–water partition coefficient (Wildman–Crippen LogP) is 3.27. The van der Waals surface area contributed by atoms with E-state index in [4.69, 9.17) is 0 Å². The number of carbonyl (C=O) groups is 1. The molecule has 0 aromatic carbocycles. The molecule has 1 unspecified atom stereocenters. The zero-order valence-corrected chi connectivity index (χ0v) is 15.1. The Bertz CT molecular complexity index is 649. The summed E-state index contributed by atoms with van der Waals surface area (Å²) in [6, 6.07) is 4.70. The van der Waals surface area contributed by atoms with Gasteiger partial charge < -0.3 is 9.88 Å². The molecule has 1 fully saturated rings. The highest BCUT2D eigenvalue weighted by Gasteiger charge is 2.31. The minimum Gasteiger partial charge on any atom is -0.355 e. The van der Waals surface area contributed by atoms with Crippen LogP contribution >= 0.6 is 23.1 Å². The van der Waals surface area contributed by atoms with Gasteiger partial charge in [0.2, 0.25) is 5.91 Å². The molecule has 0 spiro atoms. The first-order chi connectivity index (χ1) is 11.2. The Morgan fingerprint density at radius 2 is 2.35 bits per heavy atom. The summed E-state index contributed by atoms with van der Waals surface area (Å²) >= 11 is 3.25. The van der Waals surface area contributed by atoms with Gasteiger partial charge in [-0.15, -0.1) is 21.5 Å². The number of thiophene rings is 1. The number of rotatable bonds is 8. The molecule has 0 bridgehead atoms. The minimum absolute atomic E-state index is 0.0713. The van der Waals surface area contributed by atoms with Crippen LogP contribution < -0.4 is 5.32 Å². The van der Waals surface area contributed by atoms with E-state index >= 15 is 0 Å². The molecule has 0 radical (unpaired) electrons. The number of thioether (sulfide) groups is 1. The summed E-state index contributed by atoms with van der Waals surface area (Å²) in [6.45, 7) is 4.71. The second-order valence-electron chi connectivity index (χ2n) is 5.81. The number of hydrogen-bond donors (Lipinski definition) is 1. The zero-order chi connectivity index (χ0) is 16.2. The van der Waals surface area contributed by atoms with Gasteiger partial charge in [0.15, 0.2) is 5.16 Å². The number of nitrogens with zero attached hydrogens (tertiary/aromatic N) is 3. The van der Waals surface area contributed by atoms with E-state index in [2.05, 4.69) is 44.5 Å². The van der Waals surface area contributed by atoms with Crippen molar-refractivity contribution in [2.45, 2.75) is 56.0 Å². The van der Waals surface area contributed by atoms with E-state index in [1.165, 1.54) is 29.5 Å². The van der Waals surface area contributed by atoms with Crippen LogP contribution in [0.2, 0.25) is 0 Å². The Hall–Kier alpha value is -1.34. The van der Waals surface area contributed by atoms with Crippen LogP contribution in [-0.4, -0.2) is 32.5 Å². The highest BCUT2D eigenvalue weighted by molar-refractivity contribution is 8.00. The lowest BCUT2D eigenvalue weighted by atomic mass is 10.3. The van der Waals surface area contributed by atoms with Crippen molar-refractivity contribution in [3.05, 3.63) is 28.2 Å². The third-order valence-corrected chi connectivity index (χ3v) is 5.69. The van der Waals surface area contributed by atoms with Crippen LogP contribution in [0.4, 0.5) is 0 Å². The number of hydrogen-bond acceptors (Lipinski definition) is 5. The van der Waals surface area contributed by atoms with Crippen molar-refractivity contribution in [2.24, 2.45) is 0 Å². The minimum atomic E-state index is -0.155. The van der Waals surface area contributed by atoms with Crippen LogP contribution in [0.25, 0.3) is 0 Å². The summed E-state index contributed by atoms with van der Waals surface area (Å²) in [4.78, 5) is 13.4. The Labute approximate surface area is 144 Å². The zero-order valence-electron chi connectivity index (χ0n) is 13.5. The van der Waals surface area contributed by atoms with Crippen molar-refractivity contribution in [1.82, 2.24) is 20.1 Å². The second-order valence-corrected chi connectivity index (χ2v) is 8.15. The van der Waals surface area contributed by atoms with Gasteiger partial charge in [0.25, 0.3) is 0 Å². The maximum Gasteiger partial charge on any atom is 0.233 e. The highest BCUT2D eigenvalue weighted by atomic mass is 32.2. The molecule has 124 valence electrons. The SMILES string of the molecule is CCCNC(=O)C(C)Sc1nnc(Cc2cccs2)n1C1CC1. The molecule has 2 aromatic rings. The Kier molecular flexibility index (Phi) is 5.38. The van der Waals surface area contributed by atoms with E-state index < -0.39 is 0 Å². The van der Waals surface area contributed by atoms with Crippen molar-refractivity contribution in [3.8, 4) is 0 Å². The molecule has 23 heavy (non-hydrogen) atoms. The van der Waals surface area contributed by atoms with Crippen LogP contribution in [0.5, 0.6) is 0 Å². The van der Waals surface area contributed by atoms with E-state index in [0.717, 1.165) is 30.4 Å². The summed E-state index contributed by atoms with van der Waals surface area (Å²) < 4.78 is 2.24. The first kappa shape index (κ1) is 16.5. The third-order valence-electron chi connectivity index (χ3n) is 3.76. The van der Waals surface area contributed by atoms with Crippen molar-refractivity contribution in [3.63, 3.8) is 0 Å². The highest BCUT2D eigenvalue weighted by Crippen LogP contribution is 2.40. The lowest BCUT2D eigenvalue weighted by Gasteiger charge is -2.12. The summed E-state index contributed by atoms with van der Waals surface area (Å²) in [7, 11) is 0. The van der Waals surface area contributed by atoms with Crippen molar-refractivity contribution < 1.29 is 4.79 Å². The Balaban J connectivity index is 1.72. The van der Waals surface area contributed by atoms with Gasteiger partial charge in [0.05, 0.1) is 5.25 Å². The molecule has 0 aliphatic heterocycles. The topological polar surface area (TPSA) is 59.8 Å². The fourth-order valence-electron chi connectivity index (χ4n) is 2.38. The largest absolute Gasteiger partial charge is 0.355 e. The van der Waals surface area contributed by atoms with Crippen molar-refractivity contribution in [1.29, 1.82) is 0 Å². The second kappa shape index (κ2) is 7.49. The van der Waals surface area contributed by atoms with Crippen LogP contribution in [0, 0.1) is 0 Å². The molecule has 1 amide bonds. The quantitative estimate of drug-likeness (QED) is 0.742. The maximum absolute atomic E-state index is 12.1. The lowest BCUT2D eigenvalue weighted by Crippen LogP contribution is -2.31. The molecule has 3 rings (SSSR count). The fraction of sp³-hybridized carbons (Fsp3) is 0.562. The molecular formula is C16H22N4OS2. The van der Waals surface area contributed by atoms with Gasteiger partial charge in [-0.05, 0) is 37.6 Å². The van der Waals surface area contributed by atoms with Gasteiger partial charge in [-0.25, -0.2) is 0 Å². The van der Waals surface area contributed by atoms with E-state index in [1.807, 2.05) is 6.92 Å². The first-order valence-corrected chi connectivity index (χ1v) is 9.85. The van der Waals surface area contributed by atoms with Crippen molar-refractivity contribution in [2.75, 3.05) is 6.54 Å². The monoisotopic (exact) mass is 350 g/mol. The molecular weight excluding hydrogens is 328 g/mol. The number of nitrogens with one attached hydrogen (secondary N) is 1. The molecule has 0 saturated heterocycles. The van der Waals surface area contributed by atoms with Gasteiger partial charge in [-0.3, -0.25) is 4.79 Å². The van der Waals surface area contributed by atoms with Crippen LogP contribution in [0.1, 0.15) is 49.9 Å². The van der Waals surface area contributed by atoms with Crippen LogP contribution in [0.3, 0.4) is 0 Å². The molecule has 1 aliphatic carbocycles.